The summed E-state index contributed by atoms with van der Waals surface area (Å²) in [6.45, 7) is 3.28. The van der Waals surface area contributed by atoms with Crippen LogP contribution in [0.25, 0.3) is 0 Å². The average Bonchev–Trinajstić information content (AvgIpc) is 3.12. The van der Waals surface area contributed by atoms with Gasteiger partial charge in [0, 0.05) is 6.54 Å². The highest BCUT2D eigenvalue weighted by molar-refractivity contribution is 5.78. The van der Waals surface area contributed by atoms with E-state index in [1.165, 1.54) is 18.5 Å². The quantitative estimate of drug-likeness (QED) is 0.800. The molecule has 0 aromatic heterocycles. The number of methoxy groups -OCH3 is 1. The average molecular weight is 218 g/mol. The molecular weight excluding hydrogens is 200 g/mol. The minimum atomic E-state index is 0.208. The Kier molecular flexibility index (Phi) is 2.03. The minimum absolute atomic E-state index is 0.208. The van der Waals surface area contributed by atoms with E-state index in [-0.39, 0.29) is 5.54 Å². The van der Waals surface area contributed by atoms with Crippen molar-refractivity contribution in [2.75, 3.05) is 24.3 Å². The summed E-state index contributed by atoms with van der Waals surface area (Å²) >= 11 is 0. The van der Waals surface area contributed by atoms with Crippen LogP contribution in [0.15, 0.2) is 18.2 Å². The van der Waals surface area contributed by atoms with Gasteiger partial charge in [-0.3, -0.25) is 0 Å². The Bertz CT molecular complexity index is 414. The van der Waals surface area contributed by atoms with Crippen LogP contribution in [0.1, 0.15) is 19.8 Å². The lowest BCUT2D eigenvalue weighted by molar-refractivity contribution is 0.412. The van der Waals surface area contributed by atoms with E-state index in [0.29, 0.717) is 0 Å². The summed E-state index contributed by atoms with van der Waals surface area (Å²) in [5.74, 6) is 1.74. The number of para-hydroxylation sites is 1. The van der Waals surface area contributed by atoms with E-state index in [1.54, 1.807) is 7.11 Å². The van der Waals surface area contributed by atoms with E-state index in [0.717, 1.165) is 23.9 Å². The van der Waals surface area contributed by atoms with Crippen molar-refractivity contribution < 1.29 is 4.74 Å². The van der Waals surface area contributed by atoms with Crippen molar-refractivity contribution in [3.8, 4) is 5.75 Å². The second-order valence-electron chi connectivity index (χ2n) is 5.05. The monoisotopic (exact) mass is 218 g/mol. The van der Waals surface area contributed by atoms with Crippen molar-refractivity contribution in [3.63, 3.8) is 0 Å². The summed E-state index contributed by atoms with van der Waals surface area (Å²) in [5.41, 5.74) is 2.47. The lowest BCUT2D eigenvalue weighted by Gasteiger charge is -2.38. The van der Waals surface area contributed by atoms with Gasteiger partial charge >= 0.3 is 0 Å². The second kappa shape index (κ2) is 3.30. The van der Waals surface area contributed by atoms with Crippen LogP contribution < -0.4 is 15.4 Å². The lowest BCUT2D eigenvalue weighted by atomic mass is 9.92. The fourth-order valence-electron chi connectivity index (χ4n) is 2.58. The number of ether oxygens (including phenoxy) is 1. The van der Waals surface area contributed by atoms with E-state index < -0.39 is 0 Å². The number of benzene rings is 1. The van der Waals surface area contributed by atoms with Crippen LogP contribution in [0.2, 0.25) is 0 Å². The van der Waals surface area contributed by atoms with Gasteiger partial charge in [-0.15, -0.1) is 0 Å². The molecule has 0 saturated heterocycles. The van der Waals surface area contributed by atoms with Crippen molar-refractivity contribution in [1.29, 1.82) is 0 Å². The summed E-state index contributed by atoms with van der Waals surface area (Å²) in [7, 11) is 1.71. The first-order valence-corrected chi connectivity index (χ1v) is 5.92. The van der Waals surface area contributed by atoms with Crippen LogP contribution in [0.5, 0.6) is 5.75 Å². The van der Waals surface area contributed by atoms with Crippen LogP contribution >= 0.6 is 0 Å². The van der Waals surface area contributed by atoms with Gasteiger partial charge in [0.25, 0.3) is 0 Å². The molecule has 1 aliphatic carbocycles. The largest absolute Gasteiger partial charge is 0.495 e. The molecule has 1 saturated carbocycles. The Balaban J connectivity index is 1.94. The molecule has 1 aromatic carbocycles. The van der Waals surface area contributed by atoms with Gasteiger partial charge in [-0.1, -0.05) is 6.07 Å². The van der Waals surface area contributed by atoms with Gasteiger partial charge in [-0.05, 0) is 37.8 Å². The van der Waals surface area contributed by atoms with Crippen LogP contribution in [0.3, 0.4) is 0 Å². The maximum Gasteiger partial charge on any atom is 0.144 e. The molecular formula is C13H18N2O. The third-order valence-corrected chi connectivity index (χ3v) is 3.78. The van der Waals surface area contributed by atoms with Gasteiger partial charge in [0.15, 0.2) is 0 Å². The smallest absolute Gasteiger partial charge is 0.144 e. The Hall–Kier alpha value is -1.38. The lowest BCUT2D eigenvalue weighted by Crippen LogP contribution is -2.47. The topological polar surface area (TPSA) is 33.3 Å². The third kappa shape index (κ3) is 1.42. The van der Waals surface area contributed by atoms with Gasteiger partial charge in [0.2, 0.25) is 0 Å². The number of anilines is 2. The maximum absolute atomic E-state index is 5.35. The van der Waals surface area contributed by atoms with Crippen molar-refractivity contribution in [1.82, 2.24) is 0 Å². The van der Waals surface area contributed by atoms with Crippen LogP contribution in [0.4, 0.5) is 11.4 Å². The highest BCUT2D eigenvalue weighted by Gasteiger charge is 2.43. The normalized spacial score (nSPS) is 27.6. The van der Waals surface area contributed by atoms with Gasteiger partial charge in [-0.25, -0.2) is 0 Å². The zero-order valence-electron chi connectivity index (χ0n) is 9.84. The molecule has 0 amide bonds. The molecule has 3 rings (SSSR count). The van der Waals surface area contributed by atoms with E-state index in [4.69, 9.17) is 4.74 Å². The molecule has 0 bridgehead atoms. The van der Waals surface area contributed by atoms with E-state index in [1.807, 2.05) is 12.1 Å². The molecule has 1 aliphatic heterocycles. The summed E-state index contributed by atoms with van der Waals surface area (Å²) in [6.07, 6.45) is 2.70. The first-order chi connectivity index (χ1) is 7.73. The zero-order valence-corrected chi connectivity index (χ0v) is 9.84. The van der Waals surface area contributed by atoms with Crippen molar-refractivity contribution in [2.24, 2.45) is 5.92 Å². The molecule has 1 unspecified atom stereocenters. The van der Waals surface area contributed by atoms with Crippen LogP contribution in [-0.4, -0.2) is 19.2 Å². The standard InChI is InChI=1S/C13H18N2O/c1-13(9-6-7-9)8-14-12-10(15-13)4-3-5-11(12)16-2/h3-5,9,14-15H,6-8H2,1-2H3. The molecule has 1 atom stereocenters. The molecule has 16 heavy (non-hydrogen) atoms. The molecule has 1 fully saturated rings. The van der Waals surface area contributed by atoms with Crippen molar-refractivity contribution in [3.05, 3.63) is 18.2 Å². The number of nitrogens with one attached hydrogen (secondary N) is 2. The number of hydrogen-bond donors (Lipinski definition) is 2. The molecule has 2 aliphatic rings. The Morgan fingerprint density at radius 1 is 1.38 bits per heavy atom. The van der Waals surface area contributed by atoms with E-state index in [9.17, 15) is 0 Å². The fourth-order valence-corrected chi connectivity index (χ4v) is 2.58. The van der Waals surface area contributed by atoms with Crippen LogP contribution in [0, 0.1) is 5.92 Å². The molecule has 3 nitrogen and oxygen atoms in total. The van der Waals surface area contributed by atoms with Crippen LogP contribution in [-0.2, 0) is 0 Å². The Labute approximate surface area is 96.2 Å². The summed E-state index contributed by atoms with van der Waals surface area (Å²) in [4.78, 5) is 0. The minimum Gasteiger partial charge on any atom is -0.495 e. The second-order valence-corrected chi connectivity index (χ2v) is 5.05. The predicted octanol–water partition coefficient (Wildman–Crippen LogP) is 2.70. The van der Waals surface area contributed by atoms with Gasteiger partial charge in [0.1, 0.15) is 11.4 Å². The fraction of sp³-hybridized carbons (Fsp3) is 0.538. The Morgan fingerprint density at radius 2 is 2.19 bits per heavy atom. The Morgan fingerprint density at radius 3 is 2.88 bits per heavy atom. The zero-order chi connectivity index (χ0) is 11.2. The summed E-state index contributed by atoms with van der Waals surface area (Å²) in [6, 6.07) is 6.14. The molecule has 3 heteroatoms. The highest BCUT2D eigenvalue weighted by Crippen LogP contribution is 2.46. The SMILES string of the molecule is COc1cccc2c1NCC(C)(C1CC1)N2. The first-order valence-electron chi connectivity index (χ1n) is 5.92. The number of fused-ring (bicyclic) bond motifs is 1. The van der Waals surface area contributed by atoms with Gasteiger partial charge in [-0.2, -0.15) is 0 Å². The molecule has 1 heterocycles. The number of rotatable bonds is 2. The summed E-state index contributed by atoms with van der Waals surface area (Å²) in [5, 5.41) is 7.17. The van der Waals surface area contributed by atoms with Crippen molar-refractivity contribution >= 4 is 11.4 Å². The highest BCUT2D eigenvalue weighted by atomic mass is 16.5. The van der Waals surface area contributed by atoms with Crippen molar-refractivity contribution in [2.45, 2.75) is 25.3 Å². The predicted molar refractivity (Wildman–Crippen MR) is 66.2 cm³/mol. The maximum atomic E-state index is 5.35. The third-order valence-electron chi connectivity index (χ3n) is 3.78. The molecule has 86 valence electrons. The first kappa shape index (κ1) is 9.82. The van der Waals surface area contributed by atoms with E-state index >= 15 is 0 Å². The molecule has 2 N–H and O–H groups in total. The van der Waals surface area contributed by atoms with Gasteiger partial charge < -0.3 is 15.4 Å². The molecule has 0 spiro atoms. The number of hydrogen-bond acceptors (Lipinski definition) is 3. The molecule has 0 radical (unpaired) electrons. The summed E-state index contributed by atoms with van der Waals surface area (Å²) < 4.78 is 5.35. The van der Waals surface area contributed by atoms with E-state index in [2.05, 4.69) is 23.6 Å². The van der Waals surface area contributed by atoms with Gasteiger partial charge in [0.05, 0.1) is 18.3 Å². The molecule has 1 aromatic rings.